The molecule has 134 valence electrons. The van der Waals surface area contributed by atoms with E-state index in [2.05, 4.69) is 41.5 Å². The summed E-state index contributed by atoms with van der Waals surface area (Å²) in [6, 6.07) is 16.5. The van der Waals surface area contributed by atoms with E-state index in [-0.39, 0.29) is 5.91 Å². The zero-order chi connectivity index (χ0) is 18.4. The summed E-state index contributed by atoms with van der Waals surface area (Å²) in [6.45, 7) is 4.56. The van der Waals surface area contributed by atoms with Crippen LogP contribution in [0.1, 0.15) is 22.5 Å². The minimum absolute atomic E-state index is 0.0549. The number of hydrogen-bond acceptors (Lipinski definition) is 3. The molecular formula is C21H23N3OS. The van der Waals surface area contributed by atoms with Crippen LogP contribution in [0.3, 0.4) is 0 Å². The summed E-state index contributed by atoms with van der Waals surface area (Å²) in [5.41, 5.74) is 4.62. The van der Waals surface area contributed by atoms with E-state index < -0.39 is 0 Å². The number of aromatic nitrogens is 2. The molecule has 0 spiro atoms. The highest BCUT2D eigenvalue weighted by Gasteiger charge is 2.08. The van der Waals surface area contributed by atoms with Gasteiger partial charge in [0.2, 0.25) is 5.91 Å². The molecule has 0 aliphatic heterocycles. The van der Waals surface area contributed by atoms with Crippen LogP contribution in [0.15, 0.2) is 60.9 Å². The SMILES string of the molecule is Cc1ccc(CSCC(=O)NCc2ccccc2-n2ccnc2C)cc1. The standard InChI is InChI=1S/C21H23N3OS/c1-16-7-9-18(10-8-16)14-26-15-21(25)23-13-19-5-3-4-6-20(19)24-12-11-22-17(24)2/h3-12H,13-15H2,1-2H3,(H,23,25). The Morgan fingerprint density at radius 3 is 2.62 bits per heavy atom. The van der Waals surface area contributed by atoms with Crippen molar-refractivity contribution in [2.75, 3.05) is 5.75 Å². The highest BCUT2D eigenvalue weighted by atomic mass is 32.2. The van der Waals surface area contributed by atoms with Gasteiger partial charge in [-0.3, -0.25) is 4.79 Å². The Labute approximate surface area is 158 Å². The van der Waals surface area contributed by atoms with Gasteiger partial charge in [-0.1, -0.05) is 48.0 Å². The number of rotatable bonds is 7. The number of para-hydroxylation sites is 1. The Bertz CT molecular complexity index is 871. The van der Waals surface area contributed by atoms with Crippen molar-refractivity contribution in [3.8, 4) is 5.69 Å². The molecule has 5 heteroatoms. The number of thioether (sulfide) groups is 1. The van der Waals surface area contributed by atoms with Gasteiger partial charge in [-0.15, -0.1) is 11.8 Å². The number of carbonyl (C=O) groups is 1. The van der Waals surface area contributed by atoms with Gasteiger partial charge in [0, 0.05) is 24.7 Å². The Hall–Kier alpha value is -2.53. The third-order valence-corrected chi connectivity index (χ3v) is 5.18. The maximum atomic E-state index is 12.2. The molecule has 0 atom stereocenters. The van der Waals surface area contributed by atoms with Crippen LogP contribution in [0.4, 0.5) is 0 Å². The summed E-state index contributed by atoms with van der Waals surface area (Å²) < 4.78 is 2.04. The zero-order valence-corrected chi connectivity index (χ0v) is 15.9. The normalized spacial score (nSPS) is 10.7. The van der Waals surface area contributed by atoms with E-state index in [0.29, 0.717) is 12.3 Å². The predicted molar refractivity (Wildman–Crippen MR) is 107 cm³/mol. The van der Waals surface area contributed by atoms with Crippen LogP contribution in [0.5, 0.6) is 0 Å². The summed E-state index contributed by atoms with van der Waals surface area (Å²) in [5, 5.41) is 3.02. The maximum absolute atomic E-state index is 12.2. The molecule has 1 N–H and O–H groups in total. The monoisotopic (exact) mass is 365 g/mol. The first-order valence-corrected chi connectivity index (χ1v) is 9.77. The van der Waals surface area contributed by atoms with Crippen LogP contribution in [-0.2, 0) is 17.1 Å². The lowest BCUT2D eigenvalue weighted by atomic mass is 10.1. The minimum Gasteiger partial charge on any atom is -0.351 e. The molecule has 1 heterocycles. The van der Waals surface area contributed by atoms with Crippen LogP contribution >= 0.6 is 11.8 Å². The fourth-order valence-corrected chi connectivity index (χ4v) is 3.54. The van der Waals surface area contributed by atoms with Crippen molar-refractivity contribution >= 4 is 17.7 Å². The molecule has 0 saturated heterocycles. The quantitative estimate of drug-likeness (QED) is 0.687. The number of nitrogens with one attached hydrogen (secondary N) is 1. The fraction of sp³-hybridized carbons (Fsp3) is 0.238. The van der Waals surface area contributed by atoms with Gasteiger partial charge in [-0.2, -0.15) is 0 Å². The molecule has 2 aromatic carbocycles. The van der Waals surface area contributed by atoms with Crippen LogP contribution in [0, 0.1) is 13.8 Å². The van der Waals surface area contributed by atoms with E-state index >= 15 is 0 Å². The summed E-state index contributed by atoms with van der Waals surface area (Å²) in [7, 11) is 0. The number of carbonyl (C=O) groups excluding carboxylic acids is 1. The number of hydrogen-bond donors (Lipinski definition) is 1. The summed E-state index contributed by atoms with van der Waals surface area (Å²) >= 11 is 1.63. The lowest BCUT2D eigenvalue weighted by Gasteiger charge is -2.12. The van der Waals surface area contributed by atoms with Crippen LogP contribution in [0.2, 0.25) is 0 Å². The van der Waals surface area contributed by atoms with Gasteiger partial charge in [-0.05, 0) is 31.0 Å². The topological polar surface area (TPSA) is 46.9 Å². The first kappa shape index (κ1) is 18.3. The van der Waals surface area contributed by atoms with Crippen molar-refractivity contribution in [3.05, 3.63) is 83.4 Å². The number of aryl methyl sites for hydroxylation is 2. The molecule has 0 aliphatic carbocycles. The van der Waals surface area contributed by atoms with Crippen LogP contribution < -0.4 is 5.32 Å². The Balaban J connectivity index is 1.52. The van der Waals surface area contributed by atoms with E-state index in [0.717, 1.165) is 22.8 Å². The zero-order valence-electron chi connectivity index (χ0n) is 15.1. The average Bonchev–Trinajstić information content (AvgIpc) is 3.08. The van der Waals surface area contributed by atoms with Gasteiger partial charge in [-0.25, -0.2) is 4.98 Å². The molecule has 3 aromatic rings. The van der Waals surface area contributed by atoms with Crippen molar-refractivity contribution in [1.29, 1.82) is 0 Å². The summed E-state index contributed by atoms with van der Waals surface area (Å²) in [5.74, 6) is 2.29. The molecule has 1 aromatic heterocycles. The van der Waals surface area contributed by atoms with Crippen LogP contribution in [0.25, 0.3) is 5.69 Å². The first-order valence-electron chi connectivity index (χ1n) is 8.61. The highest BCUT2D eigenvalue weighted by molar-refractivity contribution is 7.99. The van der Waals surface area contributed by atoms with Gasteiger partial charge in [0.15, 0.2) is 0 Å². The second-order valence-electron chi connectivity index (χ2n) is 6.23. The van der Waals surface area contributed by atoms with E-state index in [9.17, 15) is 4.79 Å². The fourth-order valence-electron chi connectivity index (χ4n) is 2.72. The van der Waals surface area contributed by atoms with Gasteiger partial charge in [0.1, 0.15) is 5.82 Å². The van der Waals surface area contributed by atoms with Crippen molar-refractivity contribution in [3.63, 3.8) is 0 Å². The largest absolute Gasteiger partial charge is 0.351 e. The summed E-state index contributed by atoms with van der Waals surface area (Å²) in [4.78, 5) is 16.5. The molecule has 0 saturated carbocycles. The van der Waals surface area contributed by atoms with Crippen molar-refractivity contribution < 1.29 is 4.79 Å². The van der Waals surface area contributed by atoms with E-state index in [1.54, 1.807) is 18.0 Å². The van der Waals surface area contributed by atoms with Gasteiger partial charge in [0.25, 0.3) is 0 Å². The molecule has 0 bridgehead atoms. The van der Waals surface area contributed by atoms with Crippen molar-refractivity contribution in [2.24, 2.45) is 0 Å². The lowest BCUT2D eigenvalue weighted by molar-refractivity contribution is -0.118. The number of benzene rings is 2. The Morgan fingerprint density at radius 2 is 1.88 bits per heavy atom. The van der Waals surface area contributed by atoms with Gasteiger partial charge >= 0.3 is 0 Å². The molecule has 4 nitrogen and oxygen atoms in total. The Kier molecular flexibility index (Phi) is 6.12. The minimum atomic E-state index is 0.0549. The lowest BCUT2D eigenvalue weighted by Crippen LogP contribution is -2.25. The van der Waals surface area contributed by atoms with Crippen molar-refractivity contribution in [1.82, 2.24) is 14.9 Å². The first-order chi connectivity index (χ1) is 12.6. The molecule has 1 amide bonds. The van der Waals surface area contributed by atoms with E-state index in [1.165, 1.54) is 11.1 Å². The molecule has 0 fully saturated rings. The number of amides is 1. The summed E-state index contributed by atoms with van der Waals surface area (Å²) in [6.07, 6.45) is 3.72. The molecule has 26 heavy (non-hydrogen) atoms. The van der Waals surface area contributed by atoms with E-state index in [1.807, 2.05) is 42.0 Å². The number of imidazole rings is 1. The molecule has 0 unspecified atom stereocenters. The highest BCUT2D eigenvalue weighted by Crippen LogP contribution is 2.16. The van der Waals surface area contributed by atoms with Crippen molar-refractivity contribution in [2.45, 2.75) is 26.1 Å². The maximum Gasteiger partial charge on any atom is 0.230 e. The van der Waals surface area contributed by atoms with E-state index in [4.69, 9.17) is 0 Å². The Morgan fingerprint density at radius 1 is 1.12 bits per heavy atom. The van der Waals surface area contributed by atoms with Gasteiger partial charge in [0.05, 0.1) is 11.4 Å². The van der Waals surface area contributed by atoms with Gasteiger partial charge < -0.3 is 9.88 Å². The number of nitrogens with zero attached hydrogens (tertiary/aromatic N) is 2. The second-order valence-corrected chi connectivity index (χ2v) is 7.21. The molecular weight excluding hydrogens is 342 g/mol. The average molecular weight is 366 g/mol. The smallest absolute Gasteiger partial charge is 0.230 e. The second kappa shape index (κ2) is 8.72. The predicted octanol–water partition coefficient (Wildman–Crippen LogP) is 4.04. The third-order valence-electron chi connectivity index (χ3n) is 4.18. The molecule has 0 aliphatic rings. The molecule has 0 radical (unpaired) electrons. The third kappa shape index (κ3) is 4.76. The molecule has 3 rings (SSSR count). The van der Waals surface area contributed by atoms with Crippen LogP contribution in [-0.4, -0.2) is 21.2 Å².